The monoisotopic (exact) mass is 600 g/mol. The Labute approximate surface area is 253 Å². The number of benzene rings is 1. The molecule has 42 heavy (non-hydrogen) atoms. The average molecular weight is 601 g/mol. The molecule has 234 valence electrons. The number of hydrogen-bond donors (Lipinski definition) is 2. The summed E-state index contributed by atoms with van der Waals surface area (Å²) in [5.74, 6) is 0.507. The van der Waals surface area contributed by atoms with Crippen molar-refractivity contribution in [1.29, 1.82) is 0 Å². The van der Waals surface area contributed by atoms with E-state index >= 15 is 0 Å². The van der Waals surface area contributed by atoms with E-state index in [0.717, 1.165) is 61.9 Å². The average Bonchev–Trinajstić information content (AvgIpc) is 3.23. The molecular formula is C33H52N4O4S. The van der Waals surface area contributed by atoms with Crippen LogP contribution >= 0.6 is 0 Å². The van der Waals surface area contributed by atoms with Gasteiger partial charge in [-0.05, 0) is 81.2 Å². The Morgan fingerprint density at radius 1 is 1.00 bits per heavy atom. The van der Waals surface area contributed by atoms with E-state index in [1.54, 1.807) is 6.07 Å². The molecule has 4 rings (SSSR count). The molecule has 1 aliphatic carbocycles. The first-order chi connectivity index (χ1) is 19.7. The summed E-state index contributed by atoms with van der Waals surface area (Å²) in [6.07, 6.45) is 6.17. The second-order valence-electron chi connectivity index (χ2n) is 14.2. The zero-order valence-electron chi connectivity index (χ0n) is 26.8. The second-order valence-corrected chi connectivity index (χ2v) is 15.8. The number of nitrogens with zero attached hydrogens (tertiary/aromatic N) is 2. The third-order valence-electron chi connectivity index (χ3n) is 8.41. The van der Waals surface area contributed by atoms with Crippen molar-refractivity contribution in [2.24, 2.45) is 5.92 Å². The van der Waals surface area contributed by atoms with E-state index in [4.69, 9.17) is 4.74 Å². The molecule has 1 saturated carbocycles. The Balaban J connectivity index is 1.70. The lowest BCUT2D eigenvalue weighted by Crippen LogP contribution is -2.41. The van der Waals surface area contributed by atoms with Gasteiger partial charge in [0.05, 0.1) is 23.7 Å². The van der Waals surface area contributed by atoms with Gasteiger partial charge in [-0.1, -0.05) is 46.1 Å². The van der Waals surface area contributed by atoms with E-state index in [0.29, 0.717) is 22.9 Å². The maximum Gasteiger partial charge on any atom is 0.253 e. The molecule has 1 aromatic heterocycles. The first-order valence-corrected chi connectivity index (χ1v) is 17.1. The summed E-state index contributed by atoms with van der Waals surface area (Å²) >= 11 is 0. The third-order valence-corrected chi connectivity index (χ3v) is 10.2. The second kappa shape index (κ2) is 13.2. The topological polar surface area (TPSA) is 92.7 Å². The van der Waals surface area contributed by atoms with E-state index in [1.165, 1.54) is 32.1 Å². The molecule has 2 N–H and O–H groups in total. The van der Waals surface area contributed by atoms with Gasteiger partial charge in [-0.3, -0.25) is 9.69 Å². The van der Waals surface area contributed by atoms with Crippen LogP contribution in [0.1, 0.15) is 95.3 Å². The molecule has 0 bridgehead atoms. The molecule has 2 aliphatic rings. The van der Waals surface area contributed by atoms with E-state index in [-0.39, 0.29) is 5.91 Å². The van der Waals surface area contributed by atoms with Crippen LogP contribution in [0, 0.1) is 12.8 Å². The van der Waals surface area contributed by atoms with Crippen molar-refractivity contribution in [3.8, 4) is 11.3 Å². The number of morpholine rings is 1. The fourth-order valence-electron chi connectivity index (χ4n) is 6.19. The number of amides is 1. The summed E-state index contributed by atoms with van der Waals surface area (Å²) in [4.78, 5) is 16.1. The van der Waals surface area contributed by atoms with Crippen LogP contribution in [-0.4, -0.2) is 68.7 Å². The van der Waals surface area contributed by atoms with Gasteiger partial charge < -0.3 is 14.6 Å². The minimum absolute atomic E-state index is 0.0611. The molecule has 0 unspecified atom stereocenters. The fraction of sp³-hybridized carbons (Fsp3) is 0.667. The zero-order valence-corrected chi connectivity index (χ0v) is 27.6. The van der Waals surface area contributed by atoms with Crippen LogP contribution in [0.25, 0.3) is 11.3 Å². The van der Waals surface area contributed by atoms with Crippen LogP contribution in [0.15, 0.2) is 29.2 Å². The van der Waals surface area contributed by atoms with E-state index in [1.807, 2.05) is 66.7 Å². The number of carbonyl (C=O) groups excluding carboxylic acids is 1. The normalized spacial score (nSPS) is 17.9. The maximum atomic E-state index is 13.5. The van der Waals surface area contributed by atoms with Crippen molar-refractivity contribution >= 4 is 15.9 Å². The Hall–Kier alpha value is -2.20. The van der Waals surface area contributed by atoms with Gasteiger partial charge in [0.2, 0.25) is 10.0 Å². The minimum Gasteiger partial charge on any atom is -0.379 e. The van der Waals surface area contributed by atoms with Gasteiger partial charge in [0.15, 0.2) is 0 Å². The summed E-state index contributed by atoms with van der Waals surface area (Å²) in [5.41, 5.74) is 3.30. The van der Waals surface area contributed by atoms with Crippen molar-refractivity contribution in [2.45, 2.75) is 103 Å². The first kappa shape index (κ1) is 32.7. The Kier molecular flexibility index (Phi) is 10.3. The molecule has 2 fully saturated rings. The summed E-state index contributed by atoms with van der Waals surface area (Å²) < 4.78 is 37.5. The zero-order chi connectivity index (χ0) is 30.7. The van der Waals surface area contributed by atoms with Crippen molar-refractivity contribution in [2.75, 3.05) is 39.4 Å². The molecule has 2 aromatic rings. The van der Waals surface area contributed by atoms with Gasteiger partial charge in [0.25, 0.3) is 5.91 Å². The van der Waals surface area contributed by atoms with E-state index in [9.17, 15) is 13.2 Å². The quantitative estimate of drug-likeness (QED) is 0.398. The van der Waals surface area contributed by atoms with Gasteiger partial charge in [-0.15, -0.1) is 0 Å². The fourth-order valence-corrected chi connectivity index (χ4v) is 8.01. The van der Waals surface area contributed by atoms with Crippen molar-refractivity contribution in [1.82, 2.24) is 19.5 Å². The van der Waals surface area contributed by atoms with E-state index in [2.05, 4.69) is 19.5 Å². The van der Waals surface area contributed by atoms with Gasteiger partial charge in [0, 0.05) is 49.7 Å². The maximum absolute atomic E-state index is 13.5. The van der Waals surface area contributed by atoms with Gasteiger partial charge in [-0.2, -0.15) is 0 Å². The molecule has 2 heterocycles. The highest BCUT2D eigenvalue weighted by Crippen LogP contribution is 2.36. The van der Waals surface area contributed by atoms with Gasteiger partial charge >= 0.3 is 0 Å². The number of aromatic nitrogens is 1. The predicted molar refractivity (Wildman–Crippen MR) is 170 cm³/mol. The minimum atomic E-state index is -3.73. The van der Waals surface area contributed by atoms with Crippen LogP contribution in [0.4, 0.5) is 0 Å². The lowest BCUT2D eigenvalue weighted by Gasteiger charge is -2.27. The number of rotatable bonds is 9. The molecule has 8 nitrogen and oxygen atoms in total. The van der Waals surface area contributed by atoms with Gasteiger partial charge in [0.1, 0.15) is 0 Å². The van der Waals surface area contributed by atoms with Crippen molar-refractivity contribution in [3.63, 3.8) is 0 Å². The number of hydrogen-bond acceptors (Lipinski definition) is 5. The van der Waals surface area contributed by atoms with Crippen LogP contribution in [0.5, 0.6) is 0 Å². The Bertz CT molecular complexity index is 1340. The van der Waals surface area contributed by atoms with Crippen LogP contribution in [0.3, 0.4) is 0 Å². The lowest BCUT2D eigenvalue weighted by molar-refractivity contribution is 0.0383. The highest BCUT2D eigenvalue weighted by molar-refractivity contribution is 7.89. The molecule has 1 amide bonds. The Morgan fingerprint density at radius 3 is 2.29 bits per heavy atom. The molecule has 1 aromatic carbocycles. The highest BCUT2D eigenvalue weighted by atomic mass is 32.2. The SMILES string of the molecule is Cc1c(C(=O)NCCN2CCOCC2)cc(-c2ccc(S(=O)(=O)NC(C)(C)C)c(C(C)(C)C)c2)n1CC1CCCCC1. The molecule has 1 aliphatic heterocycles. The summed E-state index contributed by atoms with van der Waals surface area (Å²) in [6, 6.07) is 7.66. The van der Waals surface area contributed by atoms with Crippen molar-refractivity contribution < 1.29 is 17.9 Å². The van der Waals surface area contributed by atoms with Crippen LogP contribution < -0.4 is 10.0 Å². The van der Waals surface area contributed by atoms with Crippen molar-refractivity contribution in [3.05, 3.63) is 41.1 Å². The Morgan fingerprint density at radius 2 is 1.67 bits per heavy atom. The molecular weight excluding hydrogens is 548 g/mol. The lowest BCUT2D eigenvalue weighted by atomic mass is 9.85. The summed E-state index contributed by atoms with van der Waals surface area (Å²) in [6.45, 7) is 19.2. The van der Waals surface area contributed by atoms with E-state index < -0.39 is 21.0 Å². The molecule has 0 spiro atoms. The smallest absolute Gasteiger partial charge is 0.253 e. The van der Waals surface area contributed by atoms with Gasteiger partial charge in [-0.25, -0.2) is 13.1 Å². The van der Waals surface area contributed by atoms with Crippen LogP contribution in [-0.2, 0) is 26.7 Å². The summed E-state index contributed by atoms with van der Waals surface area (Å²) in [7, 11) is -3.73. The molecule has 0 atom stereocenters. The predicted octanol–water partition coefficient (Wildman–Crippen LogP) is 5.48. The van der Waals surface area contributed by atoms with Crippen LogP contribution in [0.2, 0.25) is 0 Å². The number of nitrogens with one attached hydrogen (secondary N) is 2. The summed E-state index contributed by atoms with van der Waals surface area (Å²) in [5, 5.41) is 3.15. The standard InChI is InChI=1S/C33H52N4O4S/c1-24-27(31(38)34-15-16-36-17-19-41-20-18-36)22-29(37(24)23-25-11-9-8-10-12-25)26-13-14-30(28(21-26)32(2,3)4)42(39,40)35-33(5,6)7/h13-14,21-22,25,35H,8-12,15-20,23H2,1-7H3,(H,34,38). The third kappa shape index (κ3) is 8.24. The highest BCUT2D eigenvalue weighted by Gasteiger charge is 2.30. The molecule has 9 heteroatoms. The molecule has 0 radical (unpaired) electrons. The number of ether oxygens (including phenoxy) is 1. The molecule has 1 saturated heterocycles. The number of carbonyl (C=O) groups is 1. The largest absolute Gasteiger partial charge is 0.379 e. The first-order valence-electron chi connectivity index (χ1n) is 15.6. The number of sulfonamides is 1.